The Morgan fingerprint density at radius 3 is 2.23 bits per heavy atom. The van der Waals surface area contributed by atoms with E-state index < -0.39 is 17.0 Å². The van der Waals surface area contributed by atoms with E-state index in [1.807, 2.05) is 0 Å². The molecule has 2 aromatic carbocycles. The maximum atomic E-state index is 12.1. The van der Waals surface area contributed by atoms with Crippen LogP contribution in [-0.2, 0) is 0 Å². The number of nitro benzene ring substituents is 1. The smallest absolute Gasteiger partial charge is 0.406 e. The molecule has 0 spiro atoms. The highest BCUT2D eigenvalue weighted by Crippen LogP contribution is 2.29. The fourth-order valence-corrected chi connectivity index (χ4v) is 1.86. The summed E-state index contributed by atoms with van der Waals surface area (Å²) < 4.78 is 40.0. The third kappa shape index (κ3) is 3.60. The quantitative estimate of drug-likeness (QED) is 0.486. The van der Waals surface area contributed by atoms with E-state index in [1.165, 1.54) is 24.3 Å². The molecule has 0 aliphatic heterocycles. The van der Waals surface area contributed by atoms with E-state index in [1.54, 1.807) is 0 Å². The van der Waals surface area contributed by atoms with Crippen LogP contribution in [0, 0.1) is 10.1 Å². The van der Waals surface area contributed by atoms with E-state index in [4.69, 9.17) is 0 Å². The standard InChI is InChI=1S/C14H8F3NO4/c15-14(16,17)22-12-4-1-9(2-5-12)13-6-3-11(18(20)21)7-10(13)8-19/h1-8H. The minimum atomic E-state index is -4.79. The minimum Gasteiger partial charge on any atom is -0.406 e. The lowest BCUT2D eigenvalue weighted by molar-refractivity contribution is -0.384. The summed E-state index contributed by atoms with van der Waals surface area (Å²) >= 11 is 0. The number of rotatable bonds is 4. The van der Waals surface area contributed by atoms with Gasteiger partial charge in [0.25, 0.3) is 5.69 Å². The fraction of sp³-hybridized carbons (Fsp3) is 0.0714. The van der Waals surface area contributed by atoms with Crippen LogP contribution in [0.15, 0.2) is 42.5 Å². The summed E-state index contributed by atoms with van der Waals surface area (Å²) in [6.07, 6.45) is -4.34. The molecule has 2 rings (SSSR count). The summed E-state index contributed by atoms with van der Waals surface area (Å²) in [5.41, 5.74) is 0.632. The topological polar surface area (TPSA) is 69.4 Å². The zero-order chi connectivity index (χ0) is 16.3. The number of carbonyl (C=O) groups excluding carboxylic acids is 1. The van der Waals surface area contributed by atoms with Crippen molar-refractivity contribution >= 4 is 12.0 Å². The molecule has 8 heteroatoms. The van der Waals surface area contributed by atoms with Crippen LogP contribution >= 0.6 is 0 Å². The van der Waals surface area contributed by atoms with Gasteiger partial charge in [-0.15, -0.1) is 13.2 Å². The Kier molecular flexibility index (Phi) is 4.11. The lowest BCUT2D eigenvalue weighted by Crippen LogP contribution is -2.16. The van der Waals surface area contributed by atoms with Crippen LogP contribution < -0.4 is 4.74 Å². The van der Waals surface area contributed by atoms with Gasteiger partial charge < -0.3 is 4.74 Å². The Morgan fingerprint density at radius 2 is 1.73 bits per heavy atom. The molecule has 0 fully saturated rings. The number of hydrogen-bond acceptors (Lipinski definition) is 4. The van der Waals surface area contributed by atoms with E-state index in [0.29, 0.717) is 17.4 Å². The molecule has 0 amide bonds. The summed E-state index contributed by atoms with van der Waals surface area (Å²) in [7, 11) is 0. The number of ether oxygens (including phenoxy) is 1. The Morgan fingerprint density at radius 1 is 1.09 bits per heavy atom. The molecule has 5 nitrogen and oxygen atoms in total. The summed E-state index contributed by atoms with van der Waals surface area (Å²) in [6.45, 7) is 0. The highest BCUT2D eigenvalue weighted by atomic mass is 19.4. The number of benzene rings is 2. The zero-order valence-electron chi connectivity index (χ0n) is 10.8. The highest BCUT2D eigenvalue weighted by Gasteiger charge is 2.31. The average molecular weight is 311 g/mol. The van der Waals surface area contributed by atoms with Gasteiger partial charge in [0, 0.05) is 17.7 Å². The molecule has 0 saturated carbocycles. The van der Waals surface area contributed by atoms with Gasteiger partial charge in [0.2, 0.25) is 0 Å². The molecule has 0 aliphatic carbocycles. The molecule has 0 aliphatic rings. The van der Waals surface area contributed by atoms with Gasteiger partial charge in [-0.25, -0.2) is 0 Å². The molecule has 0 atom stereocenters. The number of carbonyl (C=O) groups is 1. The first-order valence-corrected chi connectivity index (χ1v) is 5.90. The molecular weight excluding hydrogens is 303 g/mol. The molecule has 0 N–H and O–H groups in total. The summed E-state index contributed by atoms with van der Waals surface area (Å²) in [5.74, 6) is -0.397. The number of nitrogens with zero attached hydrogens (tertiary/aromatic N) is 1. The van der Waals surface area contributed by atoms with Gasteiger partial charge in [-0.3, -0.25) is 14.9 Å². The van der Waals surface area contributed by atoms with Gasteiger partial charge in [-0.05, 0) is 29.3 Å². The number of hydrogen-bond donors (Lipinski definition) is 0. The van der Waals surface area contributed by atoms with Gasteiger partial charge >= 0.3 is 6.36 Å². The van der Waals surface area contributed by atoms with E-state index in [0.717, 1.165) is 18.2 Å². The predicted molar refractivity (Wildman–Crippen MR) is 70.6 cm³/mol. The van der Waals surface area contributed by atoms with Crippen LogP contribution in [0.25, 0.3) is 11.1 Å². The van der Waals surface area contributed by atoms with E-state index in [9.17, 15) is 28.1 Å². The SMILES string of the molecule is O=Cc1cc([N+](=O)[O-])ccc1-c1ccc(OC(F)(F)F)cc1. The van der Waals surface area contributed by atoms with Crippen molar-refractivity contribution in [2.45, 2.75) is 6.36 Å². The van der Waals surface area contributed by atoms with E-state index in [2.05, 4.69) is 4.74 Å². The van der Waals surface area contributed by atoms with Crippen LogP contribution in [0.3, 0.4) is 0 Å². The summed E-state index contributed by atoms with van der Waals surface area (Å²) in [6, 6.07) is 8.52. The molecular formula is C14H8F3NO4. The first-order valence-electron chi connectivity index (χ1n) is 5.90. The van der Waals surface area contributed by atoms with Crippen molar-refractivity contribution in [2.24, 2.45) is 0 Å². The predicted octanol–water partition coefficient (Wildman–Crippen LogP) is 3.97. The van der Waals surface area contributed by atoms with Crippen molar-refractivity contribution in [2.75, 3.05) is 0 Å². The Labute approximate surface area is 122 Å². The summed E-state index contributed by atoms with van der Waals surface area (Å²) in [4.78, 5) is 21.1. The maximum absolute atomic E-state index is 12.1. The lowest BCUT2D eigenvalue weighted by Gasteiger charge is -2.10. The first kappa shape index (κ1) is 15.5. The second-order valence-corrected chi connectivity index (χ2v) is 4.22. The van der Waals surface area contributed by atoms with Crippen molar-refractivity contribution < 1.29 is 27.6 Å². The molecule has 114 valence electrons. The second-order valence-electron chi connectivity index (χ2n) is 4.22. The Hall–Kier alpha value is -2.90. The number of nitro groups is 1. The normalized spacial score (nSPS) is 11.0. The van der Waals surface area contributed by atoms with Crippen LogP contribution in [0.5, 0.6) is 5.75 Å². The van der Waals surface area contributed by atoms with Gasteiger partial charge in [0.15, 0.2) is 6.29 Å². The van der Waals surface area contributed by atoms with E-state index >= 15 is 0 Å². The highest BCUT2D eigenvalue weighted by molar-refractivity contribution is 5.88. The summed E-state index contributed by atoms with van der Waals surface area (Å²) in [5, 5.41) is 10.7. The molecule has 0 heterocycles. The van der Waals surface area contributed by atoms with E-state index in [-0.39, 0.29) is 11.3 Å². The molecule has 22 heavy (non-hydrogen) atoms. The van der Waals surface area contributed by atoms with Gasteiger partial charge in [-0.1, -0.05) is 12.1 Å². The molecule has 0 aromatic heterocycles. The van der Waals surface area contributed by atoms with Gasteiger partial charge in [0.05, 0.1) is 4.92 Å². The first-order chi connectivity index (χ1) is 10.3. The maximum Gasteiger partial charge on any atom is 0.573 e. The molecule has 0 saturated heterocycles. The molecule has 0 unspecified atom stereocenters. The third-order valence-corrected chi connectivity index (χ3v) is 2.77. The Bertz CT molecular complexity index is 711. The fourth-order valence-electron chi connectivity index (χ4n) is 1.86. The largest absolute Gasteiger partial charge is 0.573 e. The average Bonchev–Trinajstić information content (AvgIpc) is 2.45. The van der Waals surface area contributed by atoms with Crippen LogP contribution in [-0.4, -0.2) is 17.6 Å². The zero-order valence-corrected chi connectivity index (χ0v) is 10.8. The van der Waals surface area contributed by atoms with Crippen molar-refractivity contribution in [1.82, 2.24) is 0 Å². The van der Waals surface area contributed by atoms with Crippen molar-refractivity contribution in [3.05, 3.63) is 58.1 Å². The van der Waals surface area contributed by atoms with Gasteiger partial charge in [0.1, 0.15) is 5.75 Å². The second kappa shape index (κ2) is 5.84. The third-order valence-electron chi connectivity index (χ3n) is 2.77. The number of non-ortho nitro benzene ring substituents is 1. The molecule has 2 aromatic rings. The number of halogens is 3. The monoisotopic (exact) mass is 311 g/mol. The van der Waals surface area contributed by atoms with Crippen LogP contribution in [0.2, 0.25) is 0 Å². The van der Waals surface area contributed by atoms with Crippen molar-refractivity contribution in [3.8, 4) is 16.9 Å². The molecule has 0 radical (unpaired) electrons. The number of aldehydes is 1. The molecule has 0 bridgehead atoms. The lowest BCUT2D eigenvalue weighted by atomic mass is 10.00. The van der Waals surface area contributed by atoms with Crippen LogP contribution in [0.4, 0.5) is 18.9 Å². The minimum absolute atomic E-state index is 0.0682. The van der Waals surface area contributed by atoms with Gasteiger partial charge in [-0.2, -0.15) is 0 Å². The van der Waals surface area contributed by atoms with Crippen molar-refractivity contribution in [3.63, 3.8) is 0 Å². The Balaban J connectivity index is 2.36. The van der Waals surface area contributed by atoms with Crippen molar-refractivity contribution in [1.29, 1.82) is 0 Å². The van der Waals surface area contributed by atoms with Crippen LogP contribution in [0.1, 0.15) is 10.4 Å². The number of alkyl halides is 3.